The molecular weight excluding hydrogens is 271 g/mol. The van der Waals surface area contributed by atoms with Crippen molar-refractivity contribution in [3.05, 3.63) is 65.0 Å². The first-order valence-corrected chi connectivity index (χ1v) is 6.74. The number of fused-ring (bicyclic) bond motifs is 1. The smallest absolute Gasteiger partial charge is 0.315 e. The Labute approximate surface area is 121 Å². The van der Waals surface area contributed by atoms with Crippen molar-refractivity contribution in [2.75, 3.05) is 0 Å². The topological polar surface area (TPSA) is 43.4 Å². The van der Waals surface area contributed by atoms with Crippen molar-refractivity contribution in [2.45, 2.75) is 19.3 Å². The number of ether oxygens (including phenoxy) is 1. The summed E-state index contributed by atoms with van der Waals surface area (Å²) in [5.41, 5.74) is 1.68. The number of benzene rings is 2. The Bertz CT molecular complexity index is 722. The summed E-state index contributed by atoms with van der Waals surface area (Å²) in [6.07, 6.45) is 0.888. The van der Waals surface area contributed by atoms with Crippen molar-refractivity contribution >= 4 is 11.8 Å². The molecule has 0 unspecified atom stereocenters. The van der Waals surface area contributed by atoms with Gasteiger partial charge in [-0.15, -0.1) is 0 Å². The summed E-state index contributed by atoms with van der Waals surface area (Å²) in [5, 5.41) is 0. The zero-order valence-electron chi connectivity index (χ0n) is 11.3. The third kappa shape index (κ3) is 2.70. The van der Waals surface area contributed by atoms with Crippen LogP contribution in [0, 0.1) is 5.82 Å². The van der Waals surface area contributed by atoms with Crippen molar-refractivity contribution in [2.24, 2.45) is 0 Å². The lowest BCUT2D eigenvalue weighted by Gasteiger charge is -2.09. The van der Waals surface area contributed by atoms with Crippen molar-refractivity contribution < 1.29 is 18.7 Å². The number of carbonyl (C=O) groups excluding carboxylic acids is 2. The zero-order valence-corrected chi connectivity index (χ0v) is 11.3. The molecule has 1 aliphatic rings. The van der Waals surface area contributed by atoms with Gasteiger partial charge < -0.3 is 4.74 Å². The molecule has 0 aliphatic heterocycles. The van der Waals surface area contributed by atoms with Gasteiger partial charge in [0.2, 0.25) is 0 Å². The van der Waals surface area contributed by atoms with Crippen molar-refractivity contribution in [3.63, 3.8) is 0 Å². The summed E-state index contributed by atoms with van der Waals surface area (Å²) in [6.45, 7) is 0. The molecule has 0 N–H and O–H groups in total. The minimum Gasteiger partial charge on any atom is -0.426 e. The second-order valence-corrected chi connectivity index (χ2v) is 4.95. The van der Waals surface area contributed by atoms with Gasteiger partial charge in [0.25, 0.3) is 0 Å². The van der Waals surface area contributed by atoms with Crippen molar-refractivity contribution in [1.82, 2.24) is 0 Å². The van der Waals surface area contributed by atoms with E-state index in [1.54, 1.807) is 36.4 Å². The van der Waals surface area contributed by atoms with Gasteiger partial charge in [-0.05, 0) is 24.1 Å². The maximum absolute atomic E-state index is 13.5. The molecule has 0 saturated carbocycles. The molecule has 0 fully saturated rings. The molecule has 1 aliphatic carbocycles. The van der Waals surface area contributed by atoms with E-state index >= 15 is 0 Å². The number of hydrogen-bond donors (Lipinski definition) is 0. The molecule has 0 aromatic heterocycles. The second kappa shape index (κ2) is 5.48. The lowest BCUT2D eigenvalue weighted by atomic mass is 10.1. The zero-order chi connectivity index (χ0) is 14.8. The van der Waals surface area contributed by atoms with Crippen LogP contribution in [0.5, 0.6) is 5.75 Å². The largest absolute Gasteiger partial charge is 0.426 e. The molecule has 0 spiro atoms. The molecule has 4 heteroatoms. The summed E-state index contributed by atoms with van der Waals surface area (Å²) >= 11 is 0. The first-order valence-electron chi connectivity index (χ1n) is 6.74. The first kappa shape index (κ1) is 13.5. The highest BCUT2D eigenvalue weighted by Gasteiger charge is 2.23. The van der Waals surface area contributed by atoms with Gasteiger partial charge in [0, 0.05) is 17.5 Å². The molecule has 0 saturated heterocycles. The minimum atomic E-state index is -0.534. The Morgan fingerprint density at radius 3 is 2.71 bits per heavy atom. The number of carbonyl (C=O) groups is 2. The summed E-state index contributed by atoms with van der Waals surface area (Å²) in [6, 6.07) is 11.2. The highest BCUT2D eigenvalue weighted by molar-refractivity contribution is 6.01. The van der Waals surface area contributed by atoms with E-state index in [-0.39, 0.29) is 12.2 Å². The van der Waals surface area contributed by atoms with Crippen LogP contribution in [-0.4, -0.2) is 11.8 Å². The van der Waals surface area contributed by atoms with Gasteiger partial charge in [-0.2, -0.15) is 0 Å². The van der Waals surface area contributed by atoms with E-state index in [0.29, 0.717) is 29.7 Å². The Kier molecular flexibility index (Phi) is 3.52. The number of hydrogen-bond acceptors (Lipinski definition) is 3. The molecule has 0 bridgehead atoms. The Morgan fingerprint density at radius 1 is 1.10 bits per heavy atom. The fourth-order valence-corrected chi connectivity index (χ4v) is 2.51. The summed E-state index contributed by atoms with van der Waals surface area (Å²) in [4.78, 5) is 23.6. The minimum absolute atomic E-state index is 0.0667. The van der Waals surface area contributed by atoms with Gasteiger partial charge in [-0.3, -0.25) is 9.59 Å². The van der Waals surface area contributed by atoms with Crippen LogP contribution in [0.4, 0.5) is 4.39 Å². The first-order chi connectivity index (χ1) is 10.1. The SMILES string of the molecule is O=C(Cc1ccccc1F)Oc1cccc2c1CCC2=O. The third-order valence-corrected chi connectivity index (χ3v) is 3.55. The monoisotopic (exact) mass is 284 g/mol. The van der Waals surface area contributed by atoms with Crippen LogP contribution < -0.4 is 4.74 Å². The lowest BCUT2D eigenvalue weighted by Crippen LogP contribution is -2.13. The molecule has 106 valence electrons. The summed E-state index contributed by atoms with van der Waals surface area (Å²) < 4.78 is 18.8. The Hall–Kier alpha value is -2.49. The van der Waals surface area contributed by atoms with Gasteiger partial charge >= 0.3 is 5.97 Å². The number of halogens is 1. The van der Waals surface area contributed by atoms with Crippen molar-refractivity contribution in [1.29, 1.82) is 0 Å². The highest BCUT2D eigenvalue weighted by atomic mass is 19.1. The van der Waals surface area contributed by atoms with Crippen LogP contribution in [0.2, 0.25) is 0 Å². The van der Waals surface area contributed by atoms with E-state index < -0.39 is 11.8 Å². The molecular formula is C17H13FO3. The number of rotatable bonds is 3. The maximum atomic E-state index is 13.5. The molecule has 0 amide bonds. The fraction of sp³-hybridized carbons (Fsp3) is 0.176. The predicted molar refractivity (Wildman–Crippen MR) is 74.8 cm³/mol. The standard InChI is InChI=1S/C17H13FO3/c18-14-6-2-1-4-11(14)10-17(20)21-16-7-3-5-12-13(16)8-9-15(12)19/h1-7H,8-10H2. The average Bonchev–Trinajstić information content (AvgIpc) is 2.84. The third-order valence-electron chi connectivity index (χ3n) is 3.55. The van der Waals surface area contributed by atoms with Crippen LogP contribution in [0.1, 0.15) is 27.9 Å². The Balaban J connectivity index is 1.77. The van der Waals surface area contributed by atoms with E-state index in [0.717, 1.165) is 5.56 Å². The molecule has 3 rings (SSSR count). The predicted octanol–water partition coefficient (Wildman–Crippen LogP) is 3.10. The molecule has 0 radical (unpaired) electrons. The van der Waals surface area contributed by atoms with E-state index in [1.807, 2.05) is 0 Å². The molecule has 2 aromatic rings. The lowest BCUT2D eigenvalue weighted by molar-refractivity contribution is -0.133. The van der Waals surface area contributed by atoms with Crippen LogP contribution in [0.15, 0.2) is 42.5 Å². The van der Waals surface area contributed by atoms with Crippen LogP contribution >= 0.6 is 0 Å². The van der Waals surface area contributed by atoms with Crippen molar-refractivity contribution in [3.8, 4) is 5.75 Å². The van der Waals surface area contributed by atoms with Crippen LogP contribution in [0.3, 0.4) is 0 Å². The molecule has 3 nitrogen and oxygen atoms in total. The molecule has 0 heterocycles. The van der Waals surface area contributed by atoms with Gasteiger partial charge in [-0.25, -0.2) is 4.39 Å². The van der Waals surface area contributed by atoms with Gasteiger partial charge in [0.05, 0.1) is 6.42 Å². The summed E-state index contributed by atoms with van der Waals surface area (Å²) in [7, 11) is 0. The second-order valence-electron chi connectivity index (χ2n) is 4.95. The fourth-order valence-electron chi connectivity index (χ4n) is 2.51. The number of Topliss-reactive ketones (excluding diaryl/α,β-unsaturated/α-hetero) is 1. The van der Waals surface area contributed by atoms with Gasteiger partial charge in [-0.1, -0.05) is 30.3 Å². The maximum Gasteiger partial charge on any atom is 0.315 e. The van der Waals surface area contributed by atoms with Crippen LogP contribution in [-0.2, 0) is 17.6 Å². The molecule has 21 heavy (non-hydrogen) atoms. The Morgan fingerprint density at radius 2 is 1.90 bits per heavy atom. The van der Waals surface area contributed by atoms with E-state index in [9.17, 15) is 14.0 Å². The van der Waals surface area contributed by atoms with E-state index in [2.05, 4.69) is 0 Å². The highest BCUT2D eigenvalue weighted by Crippen LogP contribution is 2.30. The number of esters is 1. The molecule has 0 atom stereocenters. The van der Waals surface area contributed by atoms with Gasteiger partial charge in [0.1, 0.15) is 11.6 Å². The summed E-state index contributed by atoms with van der Waals surface area (Å²) in [5.74, 6) is -0.493. The molecule has 2 aromatic carbocycles. The van der Waals surface area contributed by atoms with Crippen LogP contribution in [0.25, 0.3) is 0 Å². The average molecular weight is 284 g/mol. The van der Waals surface area contributed by atoms with E-state index in [1.165, 1.54) is 6.07 Å². The van der Waals surface area contributed by atoms with Gasteiger partial charge in [0.15, 0.2) is 5.78 Å². The quantitative estimate of drug-likeness (QED) is 0.642. The normalized spacial score (nSPS) is 13.1. The number of ketones is 1. The van der Waals surface area contributed by atoms with E-state index in [4.69, 9.17) is 4.74 Å².